The summed E-state index contributed by atoms with van der Waals surface area (Å²) in [5.74, 6) is 0.0878. The maximum Gasteiger partial charge on any atom is 0.126 e. The summed E-state index contributed by atoms with van der Waals surface area (Å²) < 4.78 is 14.6. The Kier molecular flexibility index (Phi) is 4.67. The Morgan fingerprint density at radius 3 is 2.63 bits per heavy atom. The first-order chi connectivity index (χ1) is 8.87. The molecule has 1 atom stereocenters. The van der Waals surface area contributed by atoms with E-state index >= 15 is 0 Å². The van der Waals surface area contributed by atoms with Crippen LogP contribution in [0, 0.1) is 17.2 Å². The molecule has 1 aromatic carbocycles. The molecular formula is C16H22BrFO. The lowest BCUT2D eigenvalue weighted by molar-refractivity contribution is 0.0571. The van der Waals surface area contributed by atoms with Gasteiger partial charge in [-0.15, -0.1) is 0 Å². The zero-order valence-electron chi connectivity index (χ0n) is 11.6. The summed E-state index contributed by atoms with van der Waals surface area (Å²) >= 11 is 3.35. The number of aliphatic hydroxyl groups excluding tert-OH is 1. The predicted molar refractivity (Wildman–Crippen MR) is 79.5 cm³/mol. The molecule has 1 aliphatic rings. The zero-order valence-corrected chi connectivity index (χ0v) is 13.2. The molecule has 0 bridgehead atoms. The third kappa shape index (κ3) is 4.03. The van der Waals surface area contributed by atoms with Crippen LogP contribution >= 0.6 is 15.9 Å². The van der Waals surface area contributed by atoms with Crippen molar-refractivity contribution in [3.05, 3.63) is 34.1 Å². The Balaban J connectivity index is 1.98. The first-order valence-corrected chi connectivity index (χ1v) is 7.79. The van der Waals surface area contributed by atoms with Crippen LogP contribution in [0.5, 0.6) is 0 Å². The Morgan fingerprint density at radius 2 is 2.00 bits per heavy atom. The fraction of sp³-hybridized carbons (Fsp3) is 0.625. The quantitative estimate of drug-likeness (QED) is 0.852. The Labute approximate surface area is 123 Å². The van der Waals surface area contributed by atoms with Crippen LogP contribution in [0.15, 0.2) is 22.7 Å². The molecule has 0 radical (unpaired) electrons. The zero-order chi connectivity index (χ0) is 14.0. The molecule has 2 rings (SSSR count). The Hall–Kier alpha value is -0.410. The highest BCUT2D eigenvalue weighted by atomic mass is 79.9. The van der Waals surface area contributed by atoms with Gasteiger partial charge in [-0.25, -0.2) is 4.39 Å². The SMILES string of the molecule is CC1(C)CCC(C(O)Cc2cc(Br)ccc2F)CC1. The van der Waals surface area contributed by atoms with Crippen LogP contribution in [0.25, 0.3) is 0 Å². The molecule has 0 heterocycles. The van der Waals surface area contributed by atoms with Crippen LogP contribution in [0.1, 0.15) is 45.1 Å². The highest BCUT2D eigenvalue weighted by molar-refractivity contribution is 9.10. The molecule has 0 aromatic heterocycles. The molecule has 106 valence electrons. The molecule has 0 aliphatic heterocycles. The Morgan fingerprint density at radius 1 is 1.37 bits per heavy atom. The lowest BCUT2D eigenvalue weighted by Gasteiger charge is -2.36. The van der Waals surface area contributed by atoms with E-state index in [2.05, 4.69) is 29.8 Å². The van der Waals surface area contributed by atoms with Gasteiger partial charge in [0.1, 0.15) is 5.82 Å². The molecule has 1 aliphatic carbocycles. The summed E-state index contributed by atoms with van der Waals surface area (Å²) in [6.45, 7) is 4.56. The third-order valence-corrected chi connectivity index (χ3v) is 4.86. The van der Waals surface area contributed by atoms with Gasteiger partial charge in [0.05, 0.1) is 6.10 Å². The van der Waals surface area contributed by atoms with Gasteiger partial charge in [0, 0.05) is 10.9 Å². The van der Waals surface area contributed by atoms with Gasteiger partial charge in [-0.05, 0) is 60.8 Å². The van der Waals surface area contributed by atoms with Crippen molar-refractivity contribution in [2.45, 2.75) is 52.1 Å². The van der Waals surface area contributed by atoms with E-state index in [1.165, 1.54) is 6.07 Å². The van der Waals surface area contributed by atoms with Crippen LogP contribution in [0.4, 0.5) is 4.39 Å². The highest BCUT2D eigenvalue weighted by Gasteiger charge is 2.30. The summed E-state index contributed by atoms with van der Waals surface area (Å²) in [6.07, 6.45) is 4.37. The lowest BCUT2D eigenvalue weighted by Crippen LogP contribution is -2.30. The van der Waals surface area contributed by atoms with Crippen LogP contribution in [-0.4, -0.2) is 11.2 Å². The maximum atomic E-state index is 13.7. The molecule has 0 spiro atoms. The molecule has 3 heteroatoms. The Bertz CT molecular complexity index is 434. The number of hydrogen-bond donors (Lipinski definition) is 1. The van der Waals surface area contributed by atoms with E-state index in [0.717, 1.165) is 30.2 Å². The summed E-state index contributed by atoms with van der Waals surface area (Å²) in [7, 11) is 0. The fourth-order valence-corrected chi connectivity index (χ4v) is 3.31. The second-order valence-electron chi connectivity index (χ2n) is 6.51. The molecule has 1 fully saturated rings. The van der Waals surface area contributed by atoms with Crippen molar-refractivity contribution >= 4 is 15.9 Å². The van der Waals surface area contributed by atoms with Crippen molar-refractivity contribution in [3.63, 3.8) is 0 Å². The average molecular weight is 329 g/mol. The minimum atomic E-state index is -0.431. The van der Waals surface area contributed by atoms with Gasteiger partial charge in [0.25, 0.3) is 0 Å². The number of aliphatic hydroxyl groups is 1. The smallest absolute Gasteiger partial charge is 0.126 e. The van der Waals surface area contributed by atoms with Crippen molar-refractivity contribution in [2.24, 2.45) is 11.3 Å². The van der Waals surface area contributed by atoms with Gasteiger partial charge in [0.2, 0.25) is 0 Å². The van der Waals surface area contributed by atoms with Gasteiger partial charge in [-0.2, -0.15) is 0 Å². The van der Waals surface area contributed by atoms with Gasteiger partial charge in [-0.3, -0.25) is 0 Å². The second kappa shape index (κ2) is 5.92. The molecule has 0 saturated heterocycles. The number of halogens is 2. The van der Waals surface area contributed by atoms with Crippen LogP contribution < -0.4 is 0 Å². The molecule has 1 saturated carbocycles. The van der Waals surface area contributed by atoms with E-state index in [4.69, 9.17) is 0 Å². The second-order valence-corrected chi connectivity index (χ2v) is 7.42. The molecule has 1 N–H and O–H groups in total. The largest absolute Gasteiger partial charge is 0.392 e. The maximum absolute atomic E-state index is 13.7. The number of benzene rings is 1. The number of rotatable bonds is 3. The van der Waals surface area contributed by atoms with E-state index < -0.39 is 6.10 Å². The normalized spacial score (nSPS) is 21.3. The standard InChI is InChI=1S/C16H22BrFO/c1-16(2)7-5-11(6-8-16)15(19)10-12-9-13(17)3-4-14(12)18/h3-4,9,11,15,19H,5-8,10H2,1-2H3. The van der Waals surface area contributed by atoms with Crippen LogP contribution in [0.3, 0.4) is 0 Å². The third-order valence-electron chi connectivity index (χ3n) is 4.36. The van der Waals surface area contributed by atoms with E-state index in [1.54, 1.807) is 12.1 Å². The average Bonchev–Trinajstić information content (AvgIpc) is 2.33. The summed E-state index contributed by atoms with van der Waals surface area (Å²) in [4.78, 5) is 0. The number of hydrogen-bond acceptors (Lipinski definition) is 1. The molecule has 1 unspecified atom stereocenters. The van der Waals surface area contributed by atoms with Gasteiger partial charge >= 0.3 is 0 Å². The van der Waals surface area contributed by atoms with Crippen molar-refractivity contribution in [1.82, 2.24) is 0 Å². The van der Waals surface area contributed by atoms with Crippen LogP contribution in [0.2, 0.25) is 0 Å². The van der Waals surface area contributed by atoms with Gasteiger partial charge < -0.3 is 5.11 Å². The van der Waals surface area contributed by atoms with E-state index in [-0.39, 0.29) is 5.82 Å². The minimum absolute atomic E-state index is 0.224. The topological polar surface area (TPSA) is 20.2 Å². The molecule has 1 aromatic rings. The van der Waals surface area contributed by atoms with Crippen molar-refractivity contribution in [3.8, 4) is 0 Å². The molecule has 19 heavy (non-hydrogen) atoms. The van der Waals surface area contributed by atoms with Crippen molar-refractivity contribution in [2.75, 3.05) is 0 Å². The summed E-state index contributed by atoms with van der Waals surface area (Å²) in [5, 5.41) is 10.3. The molecular weight excluding hydrogens is 307 g/mol. The predicted octanol–water partition coefficient (Wildman–Crippen LogP) is 4.71. The molecule has 0 amide bonds. The first kappa shape index (κ1) is 15.0. The van der Waals surface area contributed by atoms with E-state index in [1.807, 2.05) is 0 Å². The highest BCUT2D eigenvalue weighted by Crippen LogP contribution is 2.39. The van der Waals surface area contributed by atoms with Gasteiger partial charge in [0.15, 0.2) is 0 Å². The van der Waals surface area contributed by atoms with Crippen LogP contribution in [-0.2, 0) is 6.42 Å². The van der Waals surface area contributed by atoms with Crippen molar-refractivity contribution < 1.29 is 9.50 Å². The lowest BCUT2D eigenvalue weighted by atomic mass is 9.71. The van der Waals surface area contributed by atoms with Crippen molar-refractivity contribution in [1.29, 1.82) is 0 Å². The monoisotopic (exact) mass is 328 g/mol. The molecule has 1 nitrogen and oxygen atoms in total. The summed E-state index contributed by atoms with van der Waals surface area (Å²) in [6, 6.07) is 4.91. The fourth-order valence-electron chi connectivity index (χ4n) is 2.90. The first-order valence-electron chi connectivity index (χ1n) is 6.99. The van der Waals surface area contributed by atoms with Gasteiger partial charge in [-0.1, -0.05) is 29.8 Å². The van der Waals surface area contributed by atoms with E-state index in [0.29, 0.717) is 23.3 Å². The summed E-state index contributed by atoms with van der Waals surface area (Å²) in [5.41, 5.74) is 1.00. The minimum Gasteiger partial charge on any atom is -0.392 e. The van der Waals surface area contributed by atoms with E-state index in [9.17, 15) is 9.50 Å².